The van der Waals surface area contributed by atoms with Crippen LogP contribution in [0, 0.1) is 12.8 Å². The Hall–Kier alpha value is -1.83. The molecular weight excluding hydrogens is 314 g/mol. The number of fused-ring (bicyclic) bond motifs is 1. The summed E-state index contributed by atoms with van der Waals surface area (Å²) in [5, 5.41) is 0.200. The van der Waals surface area contributed by atoms with Crippen LogP contribution in [0.1, 0.15) is 34.6 Å². The molecule has 1 aliphatic carbocycles. The number of carbonyl (C=O) groups is 1. The first kappa shape index (κ1) is 15.1. The monoisotopic (exact) mass is 328 g/mol. The number of halogens is 2. The number of aryl methyl sites for hydroxylation is 1. The first-order valence-electron chi connectivity index (χ1n) is 6.88. The number of hydrogen-bond acceptors (Lipinski definition) is 4. The van der Waals surface area contributed by atoms with Gasteiger partial charge in [-0.3, -0.25) is 18.7 Å². The van der Waals surface area contributed by atoms with E-state index in [1.807, 2.05) is 6.92 Å². The summed E-state index contributed by atoms with van der Waals surface area (Å²) in [6.07, 6.45) is -1.45. The van der Waals surface area contributed by atoms with Gasteiger partial charge >= 0.3 is 5.69 Å². The van der Waals surface area contributed by atoms with Crippen LogP contribution in [0.15, 0.2) is 9.59 Å². The SMILES string of the molecule is Cc1c(C=O)sc2c1c(=O)n([C@H]1C[C@@H]1C)c(=O)n2CC(F)F. The predicted molar refractivity (Wildman–Crippen MR) is 79.3 cm³/mol. The van der Waals surface area contributed by atoms with Crippen molar-refractivity contribution in [2.75, 3.05) is 0 Å². The molecule has 0 N–H and O–H groups in total. The topological polar surface area (TPSA) is 61.1 Å². The molecule has 0 aliphatic heterocycles. The van der Waals surface area contributed by atoms with Crippen LogP contribution in [0.3, 0.4) is 0 Å². The quantitative estimate of drug-likeness (QED) is 0.808. The highest BCUT2D eigenvalue weighted by atomic mass is 32.1. The predicted octanol–water partition coefficient (Wildman–Crippen LogP) is 2.19. The molecule has 0 amide bonds. The van der Waals surface area contributed by atoms with Gasteiger partial charge in [-0.25, -0.2) is 13.6 Å². The molecule has 1 aliphatic rings. The zero-order valence-corrected chi connectivity index (χ0v) is 12.8. The first-order valence-corrected chi connectivity index (χ1v) is 7.70. The molecule has 0 saturated heterocycles. The number of aromatic nitrogens is 2. The Balaban J connectivity index is 2.42. The summed E-state index contributed by atoms with van der Waals surface area (Å²) < 4.78 is 27.7. The zero-order chi connectivity index (χ0) is 16.2. The summed E-state index contributed by atoms with van der Waals surface area (Å²) in [6.45, 7) is 2.71. The summed E-state index contributed by atoms with van der Waals surface area (Å²) in [5.41, 5.74) is -0.752. The van der Waals surface area contributed by atoms with Gasteiger partial charge in [-0.15, -0.1) is 11.3 Å². The number of thiophene rings is 1. The summed E-state index contributed by atoms with van der Waals surface area (Å²) in [6, 6.07) is -0.243. The molecule has 118 valence electrons. The molecule has 2 aromatic rings. The largest absolute Gasteiger partial charge is 0.332 e. The Labute approximate surface area is 127 Å². The molecule has 0 spiro atoms. The van der Waals surface area contributed by atoms with Crippen molar-refractivity contribution in [1.29, 1.82) is 0 Å². The van der Waals surface area contributed by atoms with Crippen molar-refractivity contribution in [2.45, 2.75) is 39.3 Å². The van der Waals surface area contributed by atoms with Crippen LogP contribution < -0.4 is 11.2 Å². The third-order valence-electron chi connectivity index (χ3n) is 4.11. The summed E-state index contributed by atoms with van der Waals surface area (Å²) in [7, 11) is 0. The second-order valence-electron chi connectivity index (χ2n) is 5.63. The summed E-state index contributed by atoms with van der Waals surface area (Å²) in [5.74, 6) is 0.173. The number of carbonyl (C=O) groups excluding carboxylic acids is 1. The van der Waals surface area contributed by atoms with Crippen LogP contribution in [-0.4, -0.2) is 21.8 Å². The van der Waals surface area contributed by atoms with Gasteiger partial charge < -0.3 is 0 Å². The lowest BCUT2D eigenvalue weighted by molar-refractivity contribution is 0.112. The van der Waals surface area contributed by atoms with Crippen molar-refractivity contribution in [1.82, 2.24) is 9.13 Å². The Morgan fingerprint density at radius 1 is 1.41 bits per heavy atom. The fourth-order valence-electron chi connectivity index (χ4n) is 2.75. The molecule has 2 atom stereocenters. The fourth-order valence-corrected chi connectivity index (χ4v) is 3.86. The van der Waals surface area contributed by atoms with E-state index >= 15 is 0 Å². The molecule has 3 rings (SSSR count). The number of rotatable bonds is 4. The number of alkyl halides is 2. The molecule has 8 heteroatoms. The van der Waals surface area contributed by atoms with Gasteiger partial charge in [0.05, 0.1) is 16.8 Å². The highest BCUT2D eigenvalue weighted by molar-refractivity contribution is 7.20. The molecule has 0 radical (unpaired) electrons. The number of aldehydes is 1. The van der Waals surface area contributed by atoms with E-state index in [9.17, 15) is 23.2 Å². The van der Waals surface area contributed by atoms with Gasteiger partial charge in [0.15, 0.2) is 6.29 Å². The molecule has 2 heterocycles. The van der Waals surface area contributed by atoms with Gasteiger partial charge in [-0.2, -0.15) is 0 Å². The smallest absolute Gasteiger partial charge is 0.297 e. The van der Waals surface area contributed by atoms with Crippen LogP contribution in [-0.2, 0) is 6.54 Å². The second-order valence-corrected chi connectivity index (χ2v) is 6.66. The molecule has 0 unspecified atom stereocenters. The minimum atomic E-state index is -2.72. The third kappa shape index (κ3) is 2.13. The summed E-state index contributed by atoms with van der Waals surface area (Å²) in [4.78, 5) is 36.6. The summed E-state index contributed by atoms with van der Waals surface area (Å²) >= 11 is 0.911. The molecule has 5 nitrogen and oxygen atoms in total. The van der Waals surface area contributed by atoms with E-state index in [2.05, 4.69) is 0 Å². The van der Waals surface area contributed by atoms with Gasteiger partial charge in [0.25, 0.3) is 12.0 Å². The van der Waals surface area contributed by atoms with E-state index in [0.29, 0.717) is 18.3 Å². The maximum Gasteiger partial charge on any atom is 0.332 e. The normalized spacial score (nSPS) is 20.8. The van der Waals surface area contributed by atoms with Gasteiger partial charge in [-0.1, -0.05) is 6.92 Å². The standard InChI is InChI=1S/C14H14F2N2O3S/c1-6-3-8(6)18-12(20)11-7(2)9(5-19)22-13(11)17(14(18)21)4-10(15)16/h5-6,8,10H,3-4H2,1-2H3/t6-,8-/m0/s1. The van der Waals surface area contributed by atoms with E-state index in [1.54, 1.807) is 6.92 Å². The Morgan fingerprint density at radius 2 is 2.05 bits per heavy atom. The van der Waals surface area contributed by atoms with Crippen LogP contribution in [0.4, 0.5) is 8.78 Å². The molecular formula is C14H14F2N2O3S. The fraction of sp³-hybridized carbons (Fsp3) is 0.500. The van der Waals surface area contributed by atoms with Crippen molar-refractivity contribution in [2.24, 2.45) is 5.92 Å². The zero-order valence-electron chi connectivity index (χ0n) is 12.0. The average molecular weight is 328 g/mol. The third-order valence-corrected chi connectivity index (χ3v) is 5.35. The molecule has 1 fully saturated rings. The molecule has 22 heavy (non-hydrogen) atoms. The number of nitrogens with zero attached hydrogens (tertiary/aromatic N) is 2. The van der Waals surface area contributed by atoms with E-state index in [4.69, 9.17) is 0 Å². The minimum absolute atomic E-state index is 0.152. The van der Waals surface area contributed by atoms with Crippen molar-refractivity contribution in [3.63, 3.8) is 0 Å². The average Bonchev–Trinajstić information content (AvgIpc) is 3.05. The van der Waals surface area contributed by atoms with Gasteiger partial charge in [0.2, 0.25) is 0 Å². The highest BCUT2D eigenvalue weighted by Crippen LogP contribution is 2.41. The lowest BCUT2D eigenvalue weighted by Crippen LogP contribution is -2.40. The lowest BCUT2D eigenvalue weighted by Gasteiger charge is -2.11. The molecule has 2 aromatic heterocycles. The Morgan fingerprint density at radius 3 is 2.55 bits per heavy atom. The first-order chi connectivity index (χ1) is 10.4. The van der Waals surface area contributed by atoms with E-state index in [1.165, 1.54) is 0 Å². The molecule has 0 aromatic carbocycles. The van der Waals surface area contributed by atoms with Gasteiger partial charge in [0.1, 0.15) is 4.83 Å². The van der Waals surface area contributed by atoms with Crippen molar-refractivity contribution < 1.29 is 13.6 Å². The van der Waals surface area contributed by atoms with Crippen molar-refractivity contribution in [3.05, 3.63) is 31.3 Å². The second kappa shape index (κ2) is 5.12. The van der Waals surface area contributed by atoms with E-state index in [-0.39, 0.29) is 27.1 Å². The van der Waals surface area contributed by atoms with Crippen LogP contribution >= 0.6 is 11.3 Å². The van der Waals surface area contributed by atoms with E-state index in [0.717, 1.165) is 20.5 Å². The Bertz CT molecular complexity index is 881. The van der Waals surface area contributed by atoms with Crippen LogP contribution in [0.25, 0.3) is 10.2 Å². The van der Waals surface area contributed by atoms with Gasteiger partial charge in [-0.05, 0) is 24.8 Å². The molecule has 0 bridgehead atoms. The van der Waals surface area contributed by atoms with Crippen molar-refractivity contribution in [3.8, 4) is 0 Å². The number of hydrogen-bond donors (Lipinski definition) is 0. The lowest BCUT2D eigenvalue weighted by atomic mass is 10.2. The van der Waals surface area contributed by atoms with Gasteiger partial charge in [0, 0.05) is 6.04 Å². The highest BCUT2D eigenvalue weighted by Gasteiger charge is 2.38. The van der Waals surface area contributed by atoms with Crippen LogP contribution in [0.5, 0.6) is 0 Å². The molecule has 1 saturated carbocycles. The maximum atomic E-state index is 12.8. The van der Waals surface area contributed by atoms with Crippen LogP contribution in [0.2, 0.25) is 0 Å². The minimum Gasteiger partial charge on any atom is -0.297 e. The van der Waals surface area contributed by atoms with Crippen molar-refractivity contribution >= 4 is 27.8 Å². The Kier molecular flexibility index (Phi) is 3.51. The maximum absolute atomic E-state index is 12.8. The van der Waals surface area contributed by atoms with E-state index < -0.39 is 24.2 Å².